The Kier molecular flexibility index (Phi) is 5.65. The van der Waals surface area contributed by atoms with E-state index in [4.69, 9.17) is 28.6 Å². The number of aromatic amines is 1. The lowest BCUT2D eigenvalue weighted by Crippen LogP contribution is -2.34. The number of fused-ring (bicyclic) bond motifs is 2. The van der Waals surface area contributed by atoms with Crippen LogP contribution in [0.15, 0.2) is 47.4 Å². The summed E-state index contributed by atoms with van der Waals surface area (Å²) in [5, 5.41) is 22.9. The van der Waals surface area contributed by atoms with Gasteiger partial charge in [0.05, 0.1) is 33.3 Å². The molecular weight excluding hydrogens is 477 g/mol. The van der Waals surface area contributed by atoms with E-state index < -0.39 is 11.8 Å². The third kappa shape index (κ3) is 3.76. The molecule has 4 N–H and O–H groups in total. The van der Waals surface area contributed by atoms with E-state index in [0.29, 0.717) is 11.8 Å². The van der Waals surface area contributed by atoms with Crippen LogP contribution in [-0.2, 0) is 6.42 Å². The second-order valence-corrected chi connectivity index (χ2v) is 9.17. The molecule has 0 fully saturated rings. The largest absolute Gasteiger partial charge is 0.391 e. The van der Waals surface area contributed by atoms with E-state index in [1.54, 1.807) is 18.2 Å². The van der Waals surface area contributed by atoms with Crippen LogP contribution in [0.4, 0.5) is 11.6 Å². The predicted octanol–water partition coefficient (Wildman–Crippen LogP) is 3.16. The molecule has 1 aliphatic rings. The molecule has 2 heterocycles. The lowest BCUT2D eigenvalue weighted by molar-refractivity contribution is 0.0902. The number of aromatic nitrogens is 4. The van der Waals surface area contributed by atoms with E-state index >= 15 is 0 Å². The molecule has 0 unspecified atom stereocenters. The van der Waals surface area contributed by atoms with Gasteiger partial charge < -0.3 is 15.3 Å². The van der Waals surface area contributed by atoms with Gasteiger partial charge in [-0.05, 0) is 49.5 Å². The van der Waals surface area contributed by atoms with E-state index in [1.165, 1.54) is 6.20 Å². The number of rotatable bonds is 4. The number of benzene rings is 2. The Morgan fingerprint density at radius 1 is 1.24 bits per heavy atom. The standard InChI is InChI=1S/C23H21Cl2N7O2/c1-31(2)18-13-9-12(7-6-11(13)8-17(18)33)28-22-27-10-14-20(26)32(23(34)30-21(14)29-22)19-15(24)4-3-5-16(19)25/h3-7,9-10,17-18,26,33H,8H2,1-2H3,(H2,27,28,29,30,34)/t17-,18+/m1/s1. The summed E-state index contributed by atoms with van der Waals surface area (Å²) in [5.74, 6) is 0.260. The molecule has 34 heavy (non-hydrogen) atoms. The number of hydrogen-bond acceptors (Lipinski definition) is 7. The highest BCUT2D eigenvalue weighted by Gasteiger charge is 2.32. The molecule has 174 valence electrons. The number of aliphatic hydroxyl groups excluding tert-OH is 1. The van der Waals surface area contributed by atoms with Gasteiger partial charge in [0.1, 0.15) is 5.49 Å². The Morgan fingerprint density at radius 2 is 1.97 bits per heavy atom. The van der Waals surface area contributed by atoms with Crippen LogP contribution >= 0.6 is 23.2 Å². The van der Waals surface area contributed by atoms with E-state index in [-0.39, 0.29) is 38.9 Å². The molecule has 11 heteroatoms. The second-order valence-electron chi connectivity index (χ2n) is 8.36. The average molecular weight is 498 g/mol. The fourth-order valence-electron chi connectivity index (χ4n) is 4.44. The van der Waals surface area contributed by atoms with Gasteiger partial charge in [-0.3, -0.25) is 10.4 Å². The topological polar surface area (TPSA) is 123 Å². The van der Waals surface area contributed by atoms with Gasteiger partial charge in [0, 0.05) is 18.3 Å². The molecule has 2 atom stereocenters. The van der Waals surface area contributed by atoms with Crippen molar-refractivity contribution in [2.75, 3.05) is 19.4 Å². The molecule has 0 saturated carbocycles. The molecule has 0 spiro atoms. The van der Waals surface area contributed by atoms with Gasteiger partial charge in [-0.1, -0.05) is 35.3 Å². The molecule has 1 aliphatic carbocycles. The van der Waals surface area contributed by atoms with Crippen molar-refractivity contribution in [2.45, 2.75) is 18.6 Å². The van der Waals surface area contributed by atoms with Gasteiger partial charge in [0.2, 0.25) is 5.95 Å². The highest BCUT2D eigenvalue weighted by atomic mass is 35.5. The summed E-state index contributed by atoms with van der Waals surface area (Å²) < 4.78 is 1.09. The molecule has 0 radical (unpaired) electrons. The number of para-hydroxylation sites is 1. The normalized spacial score (nSPS) is 17.4. The summed E-state index contributed by atoms with van der Waals surface area (Å²) in [6.45, 7) is 0. The maximum atomic E-state index is 12.8. The fraction of sp³-hybridized carbons (Fsp3) is 0.217. The summed E-state index contributed by atoms with van der Waals surface area (Å²) in [7, 11) is 3.87. The highest BCUT2D eigenvalue weighted by Crippen LogP contribution is 2.36. The first-order valence-corrected chi connectivity index (χ1v) is 11.3. The molecule has 0 bridgehead atoms. The molecule has 2 aromatic carbocycles. The van der Waals surface area contributed by atoms with Crippen molar-refractivity contribution in [1.29, 1.82) is 5.41 Å². The third-order valence-corrected chi connectivity index (χ3v) is 6.54. The van der Waals surface area contributed by atoms with Crippen LogP contribution in [0.1, 0.15) is 17.2 Å². The third-order valence-electron chi connectivity index (χ3n) is 5.93. The number of nitrogens with zero attached hydrogens (tertiary/aromatic N) is 4. The van der Waals surface area contributed by atoms with Crippen molar-refractivity contribution >= 4 is 45.9 Å². The Morgan fingerprint density at radius 3 is 2.68 bits per heavy atom. The molecule has 0 aliphatic heterocycles. The Labute approximate surface area is 204 Å². The summed E-state index contributed by atoms with van der Waals surface area (Å²) >= 11 is 12.5. The zero-order valence-electron chi connectivity index (χ0n) is 18.3. The number of hydrogen-bond donors (Lipinski definition) is 4. The van der Waals surface area contributed by atoms with Crippen molar-refractivity contribution < 1.29 is 5.11 Å². The number of aliphatic hydroxyl groups is 1. The fourth-order valence-corrected chi connectivity index (χ4v) is 5.00. The van der Waals surface area contributed by atoms with Crippen LogP contribution in [0.25, 0.3) is 16.7 Å². The quantitative estimate of drug-likeness (QED) is 0.343. The lowest BCUT2D eigenvalue weighted by atomic mass is 10.1. The van der Waals surface area contributed by atoms with Gasteiger partial charge in [0.25, 0.3) is 0 Å². The molecule has 5 rings (SSSR count). The molecular formula is C23H21Cl2N7O2. The van der Waals surface area contributed by atoms with Crippen LogP contribution < -0.4 is 16.5 Å². The number of nitrogens with one attached hydrogen (secondary N) is 3. The zero-order valence-corrected chi connectivity index (χ0v) is 19.8. The first-order valence-electron chi connectivity index (χ1n) is 10.5. The average Bonchev–Trinajstić information content (AvgIpc) is 3.10. The van der Waals surface area contributed by atoms with Crippen LogP contribution in [-0.4, -0.2) is 49.7 Å². The van der Waals surface area contributed by atoms with Crippen molar-refractivity contribution in [2.24, 2.45) is 0 Å². The first-order chi connectivity index (χ1) is 16.2. The van der Waals surface area contributed by atoms with Crippen molar-refractivity contribution in [3.63, 3.8) is 0 Å². The van der Waals surface area contributed by atoms with E-state index in [9.17, 15) is 9.90 Å². The number of H-pyrrole nitrogens is 1. The maximum absolute atomic E-state index is 12.8. The molecule has 2 aromatic heterocycles. The molecule has 4 aromatic rings. The summed E-state index contributed by atoms with van der Waals surface area (Å²) in [4.78, 5) is 26.3. The van der Waals surface area contributed by atoms with Crippen LogP contribution in [0.2, 0.25) is 10.0 Å². The number of likely N-dealkylation sites (N-methyl/N-ethyl adjacent to an activating group) is 1. The maximum Gasteiger partial charge on any atom is 0.333 e. The molecule has 9 nitrogen and oxygen atoms in total. The van der Waals surface area contributed by atoms with Crippen molar-refractivity contribution in [3.05, 3.63) is 79.7 Å². The van der Waals surface area contributed by atoms with Gasteiger partial charge in [-0.2, -0.15) is 4.98 Å². The predicted molar refractivity (Wildman–Crippen MR) is 131 cm³/mol. The van der Waals surface area contributed by atoms with Gasteiger partial charge in [-0.25, -0.2) is 14.3 Å². The molecule has 0 saturated heterocycles. The number of anilines is 2. The summed E-state index contributed by atoms with van der Waals surface area (Å²) in [6.07, 6.45) is 1.61. The van der Waals surface area contributed by atoms with Crippen LogP contribution in [0.5, 0.6) is 0 Å². The van der Waals surface area contributed by atoms with Gasteiger partial charge in [-0.15, -0.1) is 0 Å². The van der Waals surface area contributed by atoms with Crippen molar-refractivity contribution in [1.82, 2.24) is 24.4 Å². The van der Waals surface area contributed by atoms with Crippen molar-refractivity contribution in [3.8, 4) is 5.69 Å². The minimum atomic E-state index is -0.600. The van der Waals surface area contributed by atoms with Crippen LogP contribution in [0.3, 0.4) is 0 Å². The lowest BCUT2D eigenvalue weighted by Gasteiger charge is -2.24. The Hall–Kier alpha value is -3.24. The minimum absolute atomic E-state index is 0.0939. The zero-order chi connectivity index (χ0) is 24.1. The van der Waals surface area contributed by atoms with E-state index in [2.05, 4.69) is 20.3 Å². The highest BCUT2D eigenvalue weighted by molar-refractivity contribution is 6.37. The van der Waals surface area contributed by atoms with Crippen LogP contribution in [0, 0.1) is 5.41 Å². The SMILES string of the molecule is CN(C)[C@H]1c2cc(Nc3ncc4c(=N)n(-c5c(Cl)cccc5Cl)c(=O)[nH]c4n3)ccc2C[C@H]1O. The summed E-state index contributed by atoms with van der Waals surface area (Å²) in [6, 6.07) is 10.6. The first kappa shape index (κ1) is 22.5. The van der Waals surface area contributed by atoms with E-state index in [1.807, 2.05) is 37.2 Å². The second kappa shape index (κ2) is 8.52. The Bertz CT molecular complexity index is 1530. The summed E-state index contributed by atoms with van der Waals surface area (Å²) in [5.41, 5.74) is 2.58. The monoisotopic (exact) mass is 497 g/mol. The van der Waals surface area contributed by atoms with Gasteiger partial charge in [0.15, 0.2) is 5.65 Å². The Balaban J connectivity index is 1.53. The van der Waals surface area contributed by atoms with E-state index in [0.717, 1.165) is 21.4 Å². The van der Waals surface area contributed by atoms with Gasteiger partial charge >= 0.3 is 5.69 Å². The number of halogens is 2. The smallest absolute Gasteiger partial charge is 0.333 e. The molecule has 0 amide bonds. The minimum Gasteiger partial charge on any atom is -0.391 e.